The van der Waals surface area contributed by atoms with E-state index in [-0.39, 0.29) is 11.6 Å². The summed E-state index contributed by atoms with van der Waals surface area (Å²) in [6.45, 7) is 5.96. The highest BCUT2D eigenvalue weighted by Crippen LogP contribution is 2.29. The summed E-state index contributed by atoms with van der Waals surface area (Å²) < 4.78 is 6.25. The first-order chi connectivity index (χ1) is 14.5. The van der Waals surface area contributed by atoms with Gasteiger partial charge >= 0.3 is 0 Å². The number of nitro groups is 1. The molecule has 30 heavy (non-hydrogen) atoms. The topological polar surface area (TPSA) is 97.1 Å². The molecule has 1 heterocycles. The van der Waals surface area contributed by atoms with Gasteiger partial charge in [0.1, 0.15) is 5.75 Å². The monoisotopic (exact) mass is 426 g/mol. The number of benzene rings is 2. The minimum absolute atomic E-state index is 0.00877. The molecule has 1 N–H and O–H groups in total. The van der Waals surface area contributed by atoms with E-state index in [0.29, 0.717) is 16.0 Å². The molecule has 0 aliphatic heterocycles. The Kier molecular flexibility index (Phi) is 6.63. The van der Waals surface area contributed by atoms with Crippen LogP contribution in [0, 0.1) is 10.1 Å². The molecule has 1 aromatic heterocycles. The fourth-order valence-corrected chi connectivity index (χ4v) is 4.00. The molecule has 3 rings (SSSR count). The van der Waals surface area contributed by atoms with Crippen molar-refractivity contribution in [2.45, 2.75) is 13.8 Å². The molecule has 0 saturated carbocycles. The van der Waals surface area contributed by atoms with Gasteiger partial charge in [0.25, 0.3) is 11.6 Å². The van der Waals surface area contributed by atoms with Crippen molar-refractivity contribution in [1.82, 2.24) is 5.43 Å². The van der Waals surface area contributed by atoms with Gasteiger partial charge in [-0.3, -0.25) is 14.9 Å². The Morgan fingerprint density at radius 1 is 1.23 bits per heavy atom. The lowest BCUT2D eigenvalue weighted by Crippen LogP contribution is -2.21. The summed E-state index contributed by atoms with van der Waals surface area (Å²) in [7, 11) is 1.59. The zero-order valence-electron chi connectivity index (χ0n) is 16.9. The number of anilines is 1. The van der Waals surface area contributed by atoms with Crippen molar-refractivity contribution in [1.29, 1.82) is 0 Å². The maximum atomic E-state index is 12.4. The first-order valence-corrected chi connectivity index (χ1v) is 10.2. The number of methoxy groups -OCH3 is 1. The lowest BCUT2D eigenvalue weighted by atomic mass is 10.2. The minimum Gasteiger partial charge on any atom is -0.496 e. The van der Waals surface area contributed by atoms with Gasteiger partial charge in [0.15, 0.2) is 0 Å². The third kappa shape index (κ3) is 4.57. The van der Waals surface area contributed by atoms with Gasteiger partial charge in [0.05, 0.1) is 23.1 Å². The zero-order chi connectivity index (χ0) is 21.7. The second-order valence-corrected chi connectivity index (χ2v) is 7.47. The molecule has 0 atom stereocenters. The number of carbonyl (C=O) groups is 1. The molecule has 0 aliphatic rings. The molecule has 8 nitrogen and oxygen atoms in total. The van der Waals surface area contributed by atoms with Crippen molar-refractivity contribution in [3.8, 4) is 5.75 Å². The van der Waals surface area contributed by atoms with E-state index < -0.39 is 4.92 Å². The molecule has 3 aromatic rings. The molecular weight excluding hydrogens is 404 g/mol. The summed E-state index contributed by atoms with van der Waals surface area (Å²) in [5.41, 5.74) is 4.28. The standard InChI is InChI=1S/C21H22N4O4S/c1-4-24(5-2)16-7-6-14(18(12-16)29-3)13-22-23-21(26)20-11-15-10-17(25(27)28)8-9-19(15)30-20/h6-13H,4-5H2,1-3H3,(H,23,26)/b22-13-. The van der Waals surface area contributed by atoms with Crippen LogP contribution in [0.4, 0.5) is 11.4 Å². The van der Waals surface area contributed by atoms with Gasteiger partial charge in [0.2, 0.25) is 0 Å². The van der Waals surface area contributed by atoms with Crippen LogP contribution < -0.4 is 15.1 Å². The number of non-ortho nitro benzene ring substituents is 1. The fraction of sp³-hybridized carbons (Fsp3) is 0.238. The molecule has 0 bridgehead atoms. The van der Waals surface area contributed by atoms with E-state index in [1.165, 1.54) is 29.7 Å². The number of ether oxygens (including phenoxy) is 1. The smallest absolute Gasteiger partial charge is 0.281 e. The van der Waals surface area contributed by atoms with Crippen LogP contribution in [0.3, 0.4) is 0 Å². The van der Waals surface area contributed by atoms with Gasteiger partial charge in [0, 0.05) is 52.6 Å². The first kappa shape index (κ1) is 21.3. The number of hydrogen-bond acceptors (Lipinski definition) is 7. The molecule has 0 fully saturated rings. The van der Waals surface area contributed by atoms with Crippen molar-refractivity contribution < 1.29 is 14.5 Å². The number of carbonyl (C=O) groups excluding carboxylic acids is 1. The molecule has 0 unspecified atom stereocenters. The maximum absolute atomic E-state index is 12.4. The minimum atomic E-state index is -0.458. The Morgan fingerprint density at radius 2 is 2.00 bits per heavy atom. The van der Waals surface area contributed by atoms with Crippen LogP contribution in [0.5, 0.6) is 5.75 Å². The van der Waals surface area contributed by atoms with Gasteiger partial charge in [-0.25, -0.2) is 5.43 Å². The molecule has 9 heteroatoms. The van der Waals surface area contributed by atoms with Crippen molar-refractivity contribution in [2.24, 2.45) is 5.10 Å². The van der Waals surface area contributed by atoms with Crippen molar-refractivity contribution in [2.75, 3.05) is 25.1 Å². The van der Waals surface area contributed by atoms with Gasteiger partial charge in [-0.05, 0) is 38.1 Å². The molecule has 0 radical (unpaired) electrons. The predicted octanol–water partition coefficient (Wildman–Crippen LogP) is 4.43. The summed E-state index contributed by atoms with van der Waals surface area (Å²) in [5.74, 6) is 0.278. The van der Waals surface area contributed by atoms with Gasteiger partial charge in [-0.1, -0.05) is 0 Å². The van der Waals surface area contributed by atoms with Crippen LogP contribution >= 0.6 is 11.3 Å². The van der Waals surface area contributed by atoms with Crippen molar-refractivity contribution >= 4 is 44.9 Å². The van der Waals surface area contributed by atoms with Crippen LogP contribution in [0.2, 0.25) is 0 Å². The van der Waals surface area contributed by atoms with Crippen LogP contribution in [-0.2, 0) is 0 Å². The van der Waals surface area contributed by atoms with Gasteiger partial charge < -0.3 is 9.64 Å². The van der Waals surface area contributed by atoms with E-state index >= 15 is 0 Å². The van der Waals surface area contributed by atoms with Crippen LogP contribution in [-0.4, -0.2) is 37.2 Å². The SMILES string of the molecule is CCN(CC)c1ccc(/C=N\NC(=O)c2cc3cc([N+](=O)[O-])ccc3s2)c(OC)c1. The normalized spacial score (nSPS) is 11.0. The summed E-state index contributed by atoms with van der Waals surface area (Å²) in [4.78, 5) is 25.5. The lowest BCUT2D eigenvalue weighted by Gasteiger charge is -2.21. The lowest BCUT2D eigenvalue weighted by molar-refractivity contribution is -0.384. The fourth-order valence-electron chi connectivity index (χ4n) is 3.06. The number of hydrogen-bond donors (Lipinski definition) is 1. The Morgan fingerprint density at radius 3 is 2.67 bits per heavy atom. The summed E-state index contributed by atoms with van der Waals surface area (Å²) in [6.07, 6.45) is 1.53. The molecule has 156 valence electrons. The zero-order valence-corrected chi connectivity index (χ0v) is 17.7. The van der Waals surface area contributed by atoms with Crippen LogP contribution in [0.25, 0.3) is 10.1 Å². The van der Waals surface area contributed by atoms with Crippen LogP contribution in [0.1, 0.15) is 29.1 Å². The van der Waals surface area contributed by atoms with Gasteiger partial charge in [-0.15, -0.1) is 11.3 Å². The highest BCUT2D eigenvalue weighted by molar-refractivity contribution is 7.20. The van der Waals surface area contributed by atoms with Gasteiger partial charge in [-0.2, -0.15) is 5.10 Å². The van der Waals surface area contributed by atoms with Crippen LogP contribution in [0.15, 0.2) is 47.6 Å². The Hall–Kier alpha value is -3.46. The summed E-state index contributed by atoms with van der Waals surface area (Å²) >= 11 is 1.25. The second-order valence-electron chi connectivity index (χ2n) is 6.39. The highest BCUT2D eigenvalue weighted by Gasteiger charge is 2.13. The number of thiophene rings is 1. The molecule has 0 saturated heterocycles. The molecule has 2 aromatic carbocycles. The third-order valence-corrected chi connectivity index (χ3v) is 5.76. The Balaban J connectivity index is 1.74. The number of amides is 1. The Labute approximate surface area is 177 Å². The van der Waals surface area contributed by atoms with Crippen molar-refractivity contribution in [3.63, 3.8) is 0 Å². The van der Waals surface area contributed by atoms with E-state index in [1.54, 1.807) is 19.2 Å². The van der Waals surface area contributed by atoms with E-state index in [9.17, 15) is 14.9 Å². The molecule has 0 aliphatic carbocycles. The van der Waals surface area contributed by atoms with Crippen molar-refractivity contribution in [3.05, 3.63) is 63.0 Å². The predicted molar refractivity (Wildman–Crippen MR) is 120 cm³/mol. The third-order valence-electron chi connectivity index (χ3n) is 4.65. The quantitative estimate of drug-likeness (QED) is 0.326. The van der Waals surface area contributed by atoms with E-state index in [0.717, 1.165) is 29.0 Å². The number of fused-ring (bicyclic) bond motifs is 1. The molecule has 0 spiro atoms. The number of hydrazone groups is 1. The average Bonchev–Trinajstić information content (AvgIpc) is 3.18. The largest absolute Gasteiger partial charge is 0.496 e. The molecule has 1 amide bonds. The average molecular weight is 426 g/mol. The maximum Gasteiger partial charge on any atom is 0.281 e. The second kappa shape index (κ2) is 9.36. The van der Waals surface area contributed by atoms with E-state index in [2.05, 4.69) is 29.3 Å². The number of rotatable bonds is 8. The summed E-state index contributed by atoms with van der Waals surface area (Å²) in [5, 5.41) is 15.6. The Bertz CT molecular complexity index is 1110. The number of nitrogens with zero attached hydrogens (tertiary/aromatic N) is 3. The number of nitro benzene ring substituents is 1. The number of nitrogens with one attached hydrogen (secondary N) is 1. The molecular formula is C21H22N4O4S. The highest BCUT2D eigenvalue weighted by atomic mass is 32.1. The summed E-state index contributed by atoms with van der Waals surface area (Å²) in [6, 6.07) is 12.0. The van der Waals surface area contributed by atoms with E-state index in [1.807, 2.05) is 18.2 Å². The van der Waals surface area contributed by atoms with E-state index in [4.69, 9.17) is 4.74 Å². The first-order valence-electron chi connectivity index (χ1n) is 9.41.